The maximum Gasteiger partial charge on any atom is 0.148 e. The van der Waals surface area contributed by atoms with Crippen LogP contribution in [0.25, 0.3) is 0 Å². The number of nitrogens with two attached hydrogens (primary N) is 1. The van der Waals surface area contributed by atoms with Crippen molar-refractivity contribution in [1.82, 2.24) is 0 Å². The van der Waals surface area contributed by atoms with Crippen molar-refractivity contribution in [2.24, 2.45) is 5.73 Å². The van der Waals surface area contributed by atoms with Crippen molar-refractivity contribution in [2.45, 2.75) is 17.9 Å². The normalized spacial score (nSPS) is 13.6. The lowest BCUT2D eigenvalue weighted by molar-refractivity contribution is 0.596. The molecular formula is C11H16FNO2S2. The highest BCUT2D eigenvalue weighted by molar-refractivity contribution is 8.00. The fourth-order valence-electron chi connectivity index (χ4n) is 1.22. The third-order valence-corrected chi connectivity index (χ3v) is 4.45. The molecule has 1 rings (SSSR count). The second-order valence-electron chi connectivity index (χ2n) is 3.96. The Labute approximate surface area is 106 Å². The van der Waals surface area contributed by atoms with Gasteiger partial charge in [0.15, 0.2) is 0 Å². The van der Waals surface area contributed by atoms with E-state index in [2.05, 4.69) is 0 Å². The molecule has 6 heteroatoms. The maximum atomic E-state index is 13.6. The lowest BCUT2D eigenvalue weighted by atomic mass is 10.1. The quantitative estimate of drug-likeness (QED) is 0.836. The molecule has 0 heterocycles. The van der Waals surface area contributed by atoms with E-state index in [1.165, 1.54) is 24.1 Å². The molecule has 0 saturated carbocycles. The van der Waals surface area contributed by atoms with E-state index in [-0.39, 0.29) is 17.6 Å². The van der Waals surface area contributed by atoms with Gasteiger partial charge in [-0.15, -0.1) is 11.8 Å². The second-order valence-corrected chi connectivity index (χ2v) is 7.35. The molecule has 0 aromatic heterocycles. The van der Waals surface area contributed by atoms with Gasteiger partial charge in [-0.1, -0.05) is 6.07 Å². The molecule has 1 aromatic rings. The van der Waals surface area contributed by atoms with Gasteiger partial charge in [0.25, 0.3) is 0 Å². The van der Waals surface area contributed by atoms with E-state index < -0.39 is 9.84 Å². The Bertz CT molecular complexity index is 486. The van der Waals surface area contributed by atoms with Crippen molar-refractivity contribution < 1.29 is 12.8 Å². The van der Waals surface area contributed by atoms with Gasteiger partial charge in [0.05, 0.1) is 5.75 Å². The van der Waals surface area contributed by atoms with Crippen molar-refractivity contribution in [3.05, 3.63) is 29.6 Å². The predicted octanol–water partition coefficient (Wildman–Crippen LogP) is 1.98. The minimum absolute atomic E-state index is 0.0478. The van der Waals surface area contributed by atoms with Crippen LogP contribution in [0.5, 0.6) is 0 Å². The molecule has 0 aliphatic rings. The fourth-order valence-corrected chi connectivity index (χ4v) is 3.35. The lowest BCUT2D eigenvalue weighted by Crippen LogP contribution is -2.06. The van der Waals surface area contributed by atoms with Crippen LogP contribution in [-0.4, -0.2) is 26.2 Å². The number of thioether (sulfide) groups is 1. The minimum atomic E-state index is -2.99. The molecule has 0 saturated heterocycles. The van der Waals surface area contributed by atoms with Crippen molar-refractivity contribution in [3.8, 4) is 0 Å². The van der Waals surface area contributed by atoms with Crippen LogP contribution >= 0.6 is 11.8 Å². The van der Waals surface area contributed by atoms with Gasteiger partial charge in [-0.05, 0) is 24.6 Å². The Morgan fingerprint density at radius 1 is 1.47 bits per heavy atom. The molecule has 0 radical (unpaired) electrons. The third kappa shape index (κ3) is 5.06. The molecule has 96 valence electrons. The van der Waals surface area contributed by atoms with Crippen molar-refractivity contribution in [1.29, 1.82) is 0 Å². The molecule has 2 N–H and O–H groups in total. The average Bonchev–Trinajstić information content (AvgIpc) is 2.18. The summed E-state index contributed by atoms with van der Waals surface area (Å²) in [6.45, 7) is 1.78. The van der Waals surface area contributed by atoms with E-state index in [0.717, 1.165) is 5.56 Å². The van der Waals surface area contributed by atoms with Gasteiger partial charge in [0.2, 0.25) is 0 Å². The topological polar surface area (TPSA) is 60.2 Å². The number of sulfone groups is 1. The SMILES string of the molecule is C[C@@H](N)c1ccc(SCCS(C)(=O)=O)c(F)c1. The first-order valence-electron chi connectivity index (χ1n) is 5.15. The van der Waals surface area contributed by atoms with Crippen LogP contribution < -0.4 is 5.73 Å². The van der Waals surface area contributed by atoms with Gasteiger partial charge in [0.1, 0.15) is 15.7 Å². The minimum Gasteiger partial charge on any atom is -0.324 e. The van der Waals surface area contributed by atoms with E-state index in [9.17, 15) is 12.8 Å². The maximum absolute atomic E-state index is 13.6. The molecular weight excluding hydrogens is 261 g/mol. The Kier molecular flexibility index (Phi) is 4.97. The van der Waals surface area contributed by atoms with Crippen LogP contribution in [0.1, 0.15) is 18.5 Å². The Hall–Kier alpha value is -0.590. The van der Waals surface area contributed by atoms with Gasteiger partial charge < -0.3 is 5.73 Å². The molecule has 1 aromatic carbocycles. The zero-order valence-corrected chi connectivity index (χ0v) is 11.4. The first-order chi connectivity index (χ1) is 7.79. The molecule has 0 spiro atoms. The average molecular weight is 277 g/mol. The molecule has 3 nitrogen and oxygen atoms in total. The van der Waals surface area contributed by atoms with Crippen LogP contribution in [0, 0.1) is 5.82 Å². The summed E-state index contributed by atoms with van der Waals surface area (Å²) < 4.78 is 35.5. The van der Waals surface area contributed by atoms with Gasteiger partial charge in [-0.25, -0.2) is 12.8 Å². The van der Waals surface area contributed by atoms with Crippen molar-refractivity contribution >= 4 is 21.6 Å². The van der Waals surface area contributed by atoms with Crippen molar-refractivity contribution in [2.75, 3.05) is 17.8 Å². The first-order valence-corrected chi connectivity index (χ1v) is 8.20. The Morgan fingerprint density at radius 2 is 2.12 bits per heavy atom. The summed E-state index contributed by atoms with van der Waals surface area (Å²) in [4.78, 5) is 0.457. The van der Waals surface area contributed by atoms with Crippen LogP contribution in [-0.2, 0) is 9.84 Å². The van der Waals surface area contributed by atoms with Crippen molar-refractivity contribution in [3.63, 3.8) is 0 Å². The smallest absolute Gasteiger partial charge is 0.148 e. The molecule has 0 unspecified atom stereocenters. The number of halogens is 1. The summed E-state index contributed by atoms with van der Waals surface area (Å²) in [6.07, 6.45) is 1.17. The molecule has 17 heavy (non-hydrogen) atoms. The zero-order chi connectivity index (χ0) is 13.1. The highest BCUT2D eigenvalue weighted by Gasteiger charge is 2.08. The van der Waals surface area contributed by atoms with Crippen LogP contribution in [0.3, 0.4) is 0 Å². The highest BCUT2D eigenvalue weighted by Crippen LogP contribution is 2.24. The van der Waals surface area contributed by atoms with Gasteiger partial charge in [0, 0.05) is 22.9 Å². The van der Waals surface area contributed by atoms with E-state index in [1.54, 1.807) is 19.1 Å². The molecule has 0 amide bonds. The number of hydrogen-bond acceptors (Lipinski definition) is 4. The summed E-state index contributed by atoms with van der Waals surface area (Å²) >= 11 is 1.20. The fraction of sp³-hybridized carbons (Fsp3) is 0.455. The van der Waals surface area contributed by atoms with Crippen LogP contribution in [0.2, 0.25) is 0 Å². The second kappa shape index (κ2) is 5.84. The summed E-state index contributed by atoms with van der Waals surface area (Å²) in [5, 5.41) is 0. The van der Waals surface area contributed by atoms with Crippen LogP contribution in [0.4, 0.5) is 4.39 Å². The number of benzene rings is 1. The summed E-state index contributed by atoms with van der Waals surface area (Å²) in [5.41, 5.74) is 6.37. The number of hydrogen-bond donors (Lipinski definition) is 1. The molecule has 0 aliphatic carbocycles. The monoisotopic (exact) mass is 277 g/mol. The molecule has 0 aliphatic heterocycles. The van der Waals surface area contributed by atoms with E-state index in [4.69, 9.17) is 5.73 Å². The van der Waals surface area contributed by atoms with E-state index in [0.29, 0.717) is 10.6 Å². The third-order valence-electron chi connectivity index (χ3n) is 2.19. The number of rotatable bonds is 5. The molecule has 0 fully saturated rings. The predicted molar refractivity (Wildman–Crippen MR) is 69.4 cm³/mol. The first kappa shape index (κ1) is 14.5. The van der Waals surface area contributed by atoms with E-state index in [1.807, 2.05) is 0 Å². The largest absolute Gasteiger partial charge is 0.324 e. The summed E-state index contributed by atoms with van der Waals surface area (Å²) in [6, 6.07) is 4.59. The summed E-state index contributed by atoms with van der Waals surface area (Å²) in [5.74, 6) is 0.0534. The van der Waals surface area contributed by atoms with Crippen LogP contribution in [0.15, 0.2) is 23.1 Å². The standard InChI is InChI=1S/C11H16FNO2S2/c1-8(13)9-3-4-11(10(12)7-9)16-5-6-17(2,14)15/h3-4,7-8H,5-6,13H2,1-2H3/t8-/m1/s1. The molecule has 0 bridgehead atoms. The van der Waals surface area contributed by atoms with E-state index >= 15 is 0 Å². The molecule has 1 atom stereocenters. The summed E-state index contributed by atoms with van der Waals surface area (Å²) in [7, 11) is -2.99. The zero-order valence-electron chi connectivity index (χ0n) is 9.81. The van der Waals surface area contributed by atoms with Gasteiger partial charge >= 0.3 is 0 Å². The van der Waals surface area contributed by atoms with Gasteiger partial charge in [-0.3, -0.25) is 0 Å². The lowest BCUT2D eigenvalue weighted by Gasteiger charge is -2.08. The highest BCUT2D eigenvalue weighted by atomic mass is 32.2. The Morgan fingerprint density at radius 3 is 2.59 bits per heavy atom. The Balaban J connectivity index is 2.67. The van der Waals surface area contributed by atoms with Gasteiger partial charge in [-0.2, -0.15) is 0 Å².